The minimum atomic E-state index is -2.35. The van der Waals surface area contributed by atoms with Gasteiger partial charge < -0.3 is 0 Å². The Balaban J connectivity index is 2.59. The molecule has 0 saturated heterocycles. The summed E-state index contributed by atoms with van der Waals surface area (Å²) >= 11 is 3.08. The summed E-state index contributed by atoms with van der Waals surface area (Å²) in [5.41, 5.74) is -0.131. The highest BCUT2D eigenvalue weighted by Crippen LogP contribution is 2.15. The number of nitrogens with zero attached hydrogens (tertiary/aromatic N) is 3. The lowest BCUT2D eigenvalue weighted by molar-refractivity contribution is 0.832. The lowest BCUT2D eigenvalue weighted by Gasteiger charge is -1.96. The van der Waals surface area contributed by atoms with Crippen LogP contribution in [0.4, 0.5) is 0 Å². The van der Waals surface area contributed by atoms with Crippen LogP contribution >= 0.6 is 15.9 Å². The standard InChI is InChI=1S/C9H8BrN3/c1-7-8(10)6-13(12-7)9-4-2-3-5-11-9/h2-6H,1H3/i1D3,6D. The molecule has 0 N–H and O–H groups in total. The minimum Gasteiger partial charge on any atom is -0.237 e. The van der Waals surface area contributed by atoms with E-state index in [0.717, 1.165) is 0 Å². The van der Waals surface area contributed by atoms with Crippen LogP contribution in [-0.4, -0.2) is 14.8 Å². The third kappa shape index (κ3) is 1.62. The average Bonchev–Trinajstić information content (AvgIpc) is 2.57. The first-order valence-corrected chi connectivity index (χ1v) is 4.37. The lowest BCUT2D eigenvalue weighted by Crippen LogP contribution is -1.96. The van der Waals surface area contributed by atoms with Crippen LogP contribution in [0.25, 0.3) is 5.82 Å². The van der Waals surface area contributed by atoms with E-state index >= 15 is 0 Å². The summed E-state index contributed by atoms with van der Waals surface area (Å²) in [5.74, 6) is 0.411. The highest BCUT2D eigenvalue weighted by molar-refractivity contribution is 9.10. The smallest absolute Gasteiger partial charge is 0.153 e. The largest absolute Gasteiger partial charge is 0.237 e. The molecule has 0 aliphatic heterocycles. The Morgan fingerprint density at radius 3 is 3.15 bits per heavy atom. The van der Waals surface area contributed by atoms with E-state index < -0.39 is 6.85 Å². The molecule has 0 aliphatic rings. The van der Waals surface area contributed by atoms with Crippen molar-refractivity contribution in [2.45, 2.75) is 6.85 Å². The van der Waals surface area contributed by atoms with Crippen molar-refractivity contribution in [2.75, 3.05) is 0 Å². The van der Waals surface area contributed by atoms with Crippen LogP contribution in [0.1, 0.15) is 11.2 Å². The van der Waals surface area contributed by atoms with Crippen molar-refractivity contribution in [2.24, 2.45) is 0 Å². The van der Waals surface area contributed by atoms with Crippen LogP contribution in [0.5, 0.6) is 0 Å². The minimum absolute atomic E-state index is 0.0326. The molecule has 3 nitrogen and oxygen atoms in total. The number of aromatic nitrogens is 3. The first-order valence-electron chi connectivity index (χ1n) is 5.58. The lowest BCUT2D eigenvalue weighted by atomic mass is 10.5. The van der Waals surface area contributed by atoms with E-state index in [4.69, 9.17) is 5.48 Å². The fourth-order valence-electron chi connectivity index (χ4n) is 0.902. The summed E-state index contributed by atoms with van der Waals surface area (Å²) in [6, 6.07) is 5.13. The maximum Gasteiger partial charge on any atom is 0.153 e. The molecule has 0 aliphatic carbocycles. The molecule has 13 heavy (non-hydrogen) atoms. The molecule has 0 bridgehead atoms. The number of rotatable bonds is 1. The van der Waals surface area contributed by atoms with Crippen LogP contribution in [0.2, 0.25) is 0 Å². The van der Waals surface area contributed by atoms with Gasteiger partial charge in [0.05, 0.1) is 11.5 Å². The van der Waals surface area contributed by atoms with Crippen molar-refractivity contribution in [1.29, 1.82) is 0 Å². The zero-order valence-electron chi connectivity index (χ0n) is 10.5. The topological polar surface area (TPSA) is 30.7 Å². The predicted octanol–water partition coefficient (Wildman–Crippen LogP) is 2.34. The van der Waals surface area contributed by atoms with E-state index in [1.54, 1.807) is 24.4 Å². The van der Waals surface area contributed by atoms with Gasteiger partial charge in [-0.3, -0.25) is 0 Å². The molecule has 4 heteroatoms. The highest BCUT2D eigenvalue weighted by Gasteiger charge is 2.02. The van der Waals surface area contributed by atoms with Gasteiger partial charge in [0, 0.05) is 16.5 Å². The van der Waals surface area contributed by atoms with Crippen LogP contribution in [0.3, 0.4) is 0 Å². The second kappa shape index (κ2) is 3.30. The molecule has 0 spiro atoms. The first-order chi connectivity index (χ1) is 7.91. The molecular formula is C9H8BrN3. The first kappa shape index (κ1) is 4.91. The summed E-state index contributed by atoms with van der Waals surface area (Å²) < 4.78 is 31.1. The predicted molar refractivity (Wildman–Crippen MR) is 53.8 cm³/mol. The van der Waals surface area contributed by atoms with Crippen LogP contribution < -0.4 is 0 Å². The Bertz CT molecular complexity index is 535. The Morgan fingerprint density at radius 2 is 2.54 bits per heavy atom. The monoisotopic (exact) mass is 241 g/mol. The molecule has 0 radical (unpaired) electrons. The van der Waals surface area contributed by atoms with Crippen molar-refractivity contribution < 1.29 is 5.48 Å². The second-order valence-electron chi connectivity index (χ2n) is 2.37. The molecule has 0 atom stereocenters. The molecule has 0 amide bonds. The van der Waals surface area contributed by atoms with E-state index in [1.807, 2.05) is 0 Å². The molecule has 0 unspecified atom stereocenters. The SMILES string of the molecule is [2H]c1c(Br)c(C([2H])([2H])[2H])nn1-c1ccccn1. The number of aryl methyl sites for hydroxylation is 1. The molecule has 2 aromatic heterocycles. The van der Waals surface area contributed by atoms with Crippen molar-refractivity contribution in [3.8, 4) is 5.82 Å². The third-order valence-electron chi connectivity index (χ3n) is 1.48. The van der Waals surface area contributed by atoms with Gasteiger partial charge in [-0.25, -0.2) is 9.67 Å². The van der Waals surface area contributed by atoms with Crippen LogP contribution in [0.15, 0.2) is 35.0 Å². The van der Waals surface area contributed by atoms with Gasteiger partial charge in [-0.2, -0.15) is 5.10 Å². The van der Waals surface area contributed by atoms with Crippen molar-refractivity contribution in [1.82, 2.24) is 14.8 Å². The van der Waals surface area contributed by atoms with Crippen molar-refractivity contribution in [3.05, 3.63) is 40.7 Å². The van der Waals surface area contributed by atoms with E-state index in [1.165, 1.54) is 4.68 Å². The zero-order chi connectivity index (χ0) is 12.6. The van der Waals surface area contributed by atoms with Gasteiger partial charge in [-0.1, -0.05) is 6.07 Å². The van der Waals surface area contributed by atoms with E-state index in [9.17, 15) is 0 Å². The summed E-state index contributed by atoms with van der Waals surface area (Å²) in [5, 5.41) is 3.91. The quantitative estimate of drug-likeness (QED) is 0.768. The van der Waals surface area contributed by atoms with E-state index in [0.29, 0.717) is 5.82 Å². The summed E-state index contributed by atoms with van der Waals surface area (Å²) in [4.78, 5) is 4.02. The van der Waals surface area contributed by atoms with Gasteiger partial charge in [0.25, 0.3) is 0 Å². The molecule has 2 aromatic rings. The number of pyridine rings is 1. The summed E-state index contributed by atoms with van der Waals surface area (Å²) in [6.45, 7) is -2.35. The highest BCUT2D eigenvalue weighted by atomic mass is 79.9. The second-order valence-corrected chi connectivity index (χ2v) is 3.17. The fourth-order valence-corrected chi connectivity index (χ4v) is 1.15. The summed E-state index contributed by atoms with van der Waals surface area (Å²) in [6.07, 6.45) is 1.52. The van der Waals surface area contributed by atoms with Gasteiger partial charge in [-0.05, 0) is 34.9 Å². The Labute approximate surface area is 90.2 Å². The molecule has 66 valence electrons. The molecule has 0 fully saturated rings. The number of halogens is 1. The molecule has 0 saturated carbocycles. The third-order valence-corrected chi connectivity index (χ3v) is 2.03. The van der Waals surface area contributed by atoms with Crippen molar-refractivity contribution in [3.63, 3.8) is 0 Å². The average molecular weight is 242 g/mol. The maximum atomic E-state index is 7.80. The van der Waals surface area contributed by atoms with Gasteiger partial charge in [0.1, 0.15) is 0 Å². The normalized spacial score (nSPS) is 15.8. The Hall–Kier alpha value is -1.16. The van der Waals surface area contributed by atoms with E-state index in [2.05, 4.69) is 26.0 Å². The Kier molecular flexibility index (Phi) is 1.24. The van der Waals surface area contributed by atoms with Gasteiger partial charge in [-0.15, -0.1) is 0 Å². The number of hydrogen-bond donors (Lipinski definition) is 0. The maximum absolute atomic E-state index is 7.80. The fraction of sp³-hybridized carbons (Fsp3) is 0.111. The zero-order valence-corrected chi connectivity index (χ0v) is 8.12. The van der Waals surface area contributed by atoms with Crippen molar-refractivity contribution >= 4 is 15.9 Å². The van der Waals surface area contributed by atoms with Crippen LogP contribution in [0, 0.1) is 6.85 Å². The van der Waals surface area contributed by atoms with Gasteiger partial charge in [0.15, 0.2) is 5.82 Å². The van der Waals surface area contributed by atoms with Gasteiger partial charge in [0.2, 0.25) is 0 Å². The summed E-state index contributed by atoms with van der Waals surface area (Å²) in [7, 11) is 0. The molecular weight excluding hydrogens is 230 g/mol. The van der Waals surface area contributed by atoms with Gasteiger partial charge >= 0.3 is 0 Å². The van der Waals surface area contributed by atoms with E-state index in [-0.39, 0.29) is 16.3 Å². The molecule has 0 aromatic carbocycles. The number of hydrogen-bond acceptors (Lipinski definition) is 2. The Morgan fingerprint density at radius 1 is 1.62 bits per heavy atom. The molecule has 2 heterocycles. The molecule has 2 rings (SSSR count). The van der Waals surface area contributed by atoms with Crippen LogP contribution in [-0.2, 0) is 0 Å².